The topological polar surface area (TPSA) is 64.7 Å². The molecule has 0 spiro atoms. The second kappa shape index (κ2) is 10.8. The van der Waals surface area contributed by atoms with E-state index in [0.717, 1.165) is 58.4 Å². The number of nitrogens with one attached hydrogen (secondary N) is 2. The van der Waals surface area contributed by atoms with Gasteiger partial charge in [0.1, 0.15) is 0 Å². The van der Waals surface area contributed by atoms with Crippen molar-refractivity contribution in [2.45, 2.75) is 52.9 Å². The number of rotatable bonds is 7. The fraction of sp³-hybridized carbons (Fsp3) is 0.900. The van der Waals surface area contributed by atoms with Crippen molar-refractivity contribution in [3.05, 3.63) is 0 Å². The van der Waals surface area contributed by atoms with E-state index in [1.54, 1.807) is 0 Å². The normalized spacial score (nSPS) is 21.9. The highest BCUT2D eigenvalue weighted by Gasteiger charge is 2.28. The van der Waals surface area contributed by atoms with E-state index in [0.29, 0.717) is 37.3 Å². The van der Waals surface area contributed by atoms with Gasteiger partial charge in [0.25, 0.3) is 0 Å². The second-order valence-electron chi connectivity index (χ2n) is 8.37. The fourth-order valence-corrected chi connectivity index (χ4v) is 3.93. The van der Waals surface area contributed by atoms with Crippen molar-refractivity contribution in [1.82, 2.24) is 20.4 Å². The van der Waals surface area contributed by atoms with Crippen molar-refractivity contribution < 1.29 is 9.59 Å². The third kappa shape index (κ3) is 6.78. The first kappa shape index (κ1) is 21.0. The molecular weight excluding hydrogens is 328 g/mol. The fourth-order valence-electron chi connectivity index (χ4n) is 3.93. The number of likely N-dealkylation sites (tertiary alicyclic amines) is 2. The van der Waals surface area contributed by atoms with Gasteiger partial charge in [0, 0.05) is 39.1 Å². The molecule has 0 radical (unpaired) electrons. The molecular formula is C20H38N4O2. The zero-order valence-corrected chi connectivity index (χ0v) is 16.9. The summed E-state index contributed by atoms with van der Waals surface area (Å²) in [4.78, 5) is 28.9. The van der Waals surface area contributed by atoms with Gasteiger partial charge in [-0.2, -0.15) is 0 Å². The quantitative estimate of drug-likeness (QED) is 0.727. The van der Waals surface area contributed by atoms with Crippen molar-refractivity contribution >= 4 is 11.9 Å². The lowest BCUT2D eigenvalue weighted by Crippen LogP contribution is -2.47. The Hall–Kier alpha value is -1.30. The Morgan fingerprint density at radius 1 is 1.04 bits per heavy atom. The number of amides is 3. The monoisotopic (exact) mass is 366 g/mol. The van der Waals surface area contributed by atoms with E-state index in [1.807, 2.05) is 9.80 Å². The molecule has 2 heterocycles. The molecule has 0 aromatic rings. The minimum absolute atomic E-state index is 0.0279. The molecule has 2 aliphatic heterocycles. The van der Waals surface area contributed by atoms with E-state index in [1.165, 1.54) is 0 Å². The molecule has 0 aromatic carbocycles. The van der Waals surface area contributed by atoms with Crippen LogP contribution >= 0.6 is 0 Å². The van der Waals surface area contributed by atoms with Crippen LogP contribution in [-0.2, 0) is 4.79 Å². The first-order valence-electron chi connectivity index (χ1n) is 10.5. The van der Waals surface area contributed by atoms with Crippen LogP contribution < -0.4 is 10.6 Å². The Bertz CT molecular complexity index is 447. The lowest BCUT2D eigenvalue weighted by molar-refractivity contribution is -0.134. The Morgan fingerprint density at radius 3 is 2.42 bits per heavy atom. The van der Waals surface area contributed by atoms with Crippen LogP contribution in [0.1, 0.15) is 52.9 Å². The maximum absolute atomic E-state index is 12.7. The smallest absolute Gasteiger partial charge is 0.317 e. The standard InChI is InChI=1S/C20H38N4O2/c1-4-21-14-17-7-10-23(11-8-17)19(25)12-18-6-5-9-24(15-18)20(26)22-13-16(2)3/h16-18,21H,4-15H2,1-3H3,(H,22,26). The van der Waals surface area contributed by atoms with Crippen LogP contribution in [0.4, 0.5) is 4.79 Å². The molecule has 0 bridgehead atoms. The van der Waals surface area contributed by atoms with Crippen LogP contribution in [0.25, 0.3) is 0 Å². The lowest BCUT2D eigenvalue weighted by atomic mass is 9.92. The third-order valence-electron chi connectivity index (χ3n) is 5.58. The maximum Gasteiger partial charge on any atom is 0.317 e. The average Bonchev–Trinajstić information content (AvgIpc) is 2.65. The maximum atomic E-state index is 12.7. The van der Waals surface area contributed by atoms with Crippen LogP contribution in [0, 0.1) is 17.8 Å². The van der Waals surface area contributed by atoms with E-state index in [9.17, 15) is 9.59 Å². The Kier molecular flexibility index (Phi) is 8.69. The molecule has 3 amide bonds. The van der Waals surface area contributed by atoms with Crippen LogP contribution in [-0.4, -0.2) is 67.6 Å². The Labute approximate surface area is 159 Å². The zero-order valence-electron chi connectivity index (χ0n) is 16.9. The molecule has 0 aromatic heterocycles. The van der Waals surface area contributed by atoms with E-state index in [2.05, 4.69) is 31.4 Å². The number of piperidine rings is 2. The van der Waals surface area contributed by atoms with Crippen molar-refractivity contribution in [3.8, 4) is 0 Å². The first-order chi connectivity index (χ1) is 12.5. The molecule has 2 fully saturated rings. The molecule has 26 heavy (non-hydrogen) atoms. The lowest BCUT2D eigenvalue weighted by Gasteiger charge is -2.36. The van der Waals surface area contributed by atoms with Gasteiger partial charge in [-0.3, -0.25) is 4.79 Å². The predicted molar refractivity (Wildman–Crippen MR) is 105 cm³/mol. The predicted octanol–water partition coefficient (Wildman–Crippen LogP) is 2.30. The summed E-state index contributed by atoms with van der Waals surface area (Å²) in [6.45, 7) is 12.4. The van der Waals surface area contributed by atoms with E-state index in [4.69, 9.17) is 0 Å². The summed E-state index contributed by atoms with van der Waals surface area (Å²) in [6.07, 6.45) is 4.85. The van der Waals surface area contributed by atoms with Crippen molar-refractivity contribution in [1.29, 1.82) is 0 Å². The van der Waals surface area contributed by atoms with Gasteiger partial charge in [0.05, 0.1) is 0 Å². The van der Waals surface area contributed by atoms with Gasteiger partial charge in [-0.1, -0.05) is 20.8 Å². The number of carbonyl (C=O) groups excluding carboxylic acids is 2. The highest BCUT2D eigenvalue weighted by atomic mass is 16.2. The summed E-state index contributed by atoms with van der Waals surface area (Å²) in [5, 5.41) is 6.41. The number of nitrogens with zero attached hydrogens (tertiary/aromatic N) is 2. The van der Waals surface area contributed by atoms with E-state index in [-0.39, 0.29) is 11.9 Å². The van der Waals surface area contributed by atoms with E-state index < -0.39 is 0 Å². The van der Waals surface area contributed by atoms with Gasteiger partial charge >= 0.3 is 6.03 Å². The minimum atomic E-state index is 0.0279. The van der Waals surface area contributed by atoms with Gasteiger partial charge < -0.3 is 20.4 Å². The molecule has 1 atom stereocenters. The van der Waals surface area contributed by atoms with Gasteiger partial charge in [0.2, 0.25) is 5.91 Å². The van der Waals surface area contributed by atoms with Crippen LogP contribution in [0.5, 0.6) is 0 Å². The number of carbonyl (C=O) groups is 2. The summed E-state index contributed by atoms with van der Waals surface area (Å²) in [6, 6.07) is 0.0279. The number of hydrogen-bond donors (Lipinski definition) is 2. The third-order valence-corrected chi connectivity index (χ3v) is 5.58. The summed E-state index contributed by atoms with van der Waals surface area (Å²) in [5.74, 6) is 1.74. The minimum Gasteiger partial charge on any atom is -0.343 e. The van der Waals surface area contributed by atoms with Gasteiger partial charge in [0.15, 0.2) is 0 Å². The number of urea groups is 1. The summed E-state index contributed by atoms with van der Waals surface area (Å²) in [5.41, 5.74) is 0. The van der Waals surface area contributed by atoms with Gasteiger partial charge in [-0.15, -0.1) is 0 Å². The molecule has 2 rings (SSSR count). The SMILES string of the molecule is CCNCC1CCN(C(=O)CC2CCCN(C(=O)NCC(C)C)C2)CC1. The highest BCUT2D eigenvalue weighted by molar-refractivity contribution is 5.77. The molecule has 150 valence electrons. The second-order valence-corrected chi connectivity index (χ2v) is 8.37. The molecule has 2 saturated heterocycles. The molecule has 0 aliphatic carbocycles. The van der Waals surface area contributed by atoms with Crippen LogP contribution in [0.15, 0.2) is 0 Å². The average molecular weight is 367 g/mol. The van der Waals surface area contributed by atoms with Crippen molar-refractivity contribution in [2.75, 3.05) is 45.8 Å². The summed E-state index contributed by atoms with van der Waals surface area (Å²) < 4.78 is 0. The molecule has 2 N–H and O–H groups in total. The van der Waals surface area contributed by atoms with Crippen LogP contribution in [0.3, 0.4) is 0 Å². The number of hydrogen-bond acceptors (Lipinski definition) is 3. The van der Waals surface area contributed by atoms with Gasteiger partial charge in [-0.05, 0) is 56.5 Å². The molecule has 2 aliphatic rings. The van der Waals surface area contributed by atoms with Crippen molar-refractivity contribution in [2.24, 2.45) is 17.8 Å². The molecule has 6 nitrogen and oxygen atoms in total. The van der Waals surface area contributed by atoms with Crippen molar-refractivity contribution in [3.63, 3.8) is 0 Å². The van der Waals surface area contributed by atoms with Crippen LogP contribution in [0.2, 0.25) is 0 Å². The Morgan fingerprint density at radius 2 is 1.77 bits per heavy atom. The Balaban J connectivity index is 1.72. The van der Waals surface area contributed by atoms with E-state index >= 15 is 0 Å². The van der Waals surface area contributed by atoms with Gasteiger partial charge in [-0.25, -0.2) is 4.79 Å². The largest absolute Gasteiger partial charge is 0.343 e. The summed E-state index contributed by atoms with van der Waals surface area (Å²) in [7, 11) is 0. The molecule has 0 saturated carbocycles. The first-order valence-corrected chi connectivity index (χ1v) is 10.5. The summed E-state index contributed by atoms with van der Waals surface area (Å²) >= 11 is 0. The zero-order chi connectivity index (χ0) is 18.9. The molecule has 6 heteroatoms. The highest BCUT2D eigenvalue weighted by Crippen LogP contribution is 2.23. The molecule has 1 unspecified atom stereocenters.